The van der Waals surface area contributed by atoms with Crippen LogP contribution in [0.5, 0.6) is 0 Å². The van der Waals surface area contributed by atoms with Crippen LogP contribution in [0.15, 0.2) is 143 Å². The molecule has 6 nitrogen and oxygen atoms in total. The number of hydrogen-bond donors (Lipinski definition) is 1. The van der Waals surface area contributed by atoms with Gasteiger partial charge in [-0.3, -0.25) is 4.57 Å². The molecule has 8 bridgehead atoms. The fourth-order valence-electron chi connectivity index (χ4n) is 9.38. The minimum Gasteiger partial charge on any atom is -0.453 e. The van der Waals surface area contributed by atoms with Crippen LogP contribution in [0.2, 0.25) is 0 Å². The smallest absolute Gasteiger partial charge is 0.167 e. The molecule has 8 aromatic rings. The highest BCUT2D eigenvalue weighted by Gasteiger charge is 2.43. The van der Waals surface area contributed by atoms with Crippen molar-refractivity contribution in [3.05, 3.63) is 156 Å². The molecule has 3 aromatic heterocycles. The third kappa shape index (κ3) is 4.48. The number of rotatable bonds is 3. The molecule has 258 valence electrons. The number of aromatic nitrogens is 4. The zero-order valence-electron chi connectivity index (χ0n) is 30.3. The average Bonchev–Trinajstić information content (AvgIpc) is 3.73. The van der Waals surface area contributed by atoms with Gasteiger partial charge in [0.1, 0.15) is 17.2 Å². The average molecular weight is 690 g/mol. The van der Waals surface area contributed by atoms with Gasteiger partial charge in [-0.2, -0.15) is 0 Å². The van der Waals surface area contributed by atoms with E-state index in [4.69, 9.17) is 25.1 Å². The van der Waals surface area contributed by atoms with E-state index in [0.29, 0.717) is 17.5 Å². The van der Waals surface area contributed by atoms with Gasteiger partial charge in [0.15, 0.2) is 17.2 Å². The normalized spacial score (nSPS) is 19.6. The van der Waals surface area contributed by atoms with E-state index < -0.39 is 5.41 Å². The van der Waals surface area contributed by atoms with Gasteiger partial charge in [0, 0.05) is 39.1 Å². The second-order valence-corrected chi connectivity index (χ2v) is 14.7. The minimum atomic E-state index is -0.669. The van der Waals surface area contributed by atoms with E-state index in [-0.39, 0.29) is 11.8 Å². The van der Waals surface area contributed by atoms with Crippen molar-refractivity contribution in [2.75, 3.05) is 5.73 Å². The number of nitrogen functional groups attached to an aromatic ring is 1. The maximum atomic E-state index is 7.45. The van der Waals surface area contributed by atoms with E-state index in [1.165, 1.54) is 22.3 Å². The highest BCUT2D eigenvalue weighted by molar-refractivity contribution is 6.11. The Labute approximate surface area is 308 Å². The van der Waals surface area contributed by atoms with Crippen LogP contribution in [0, 0.1) is 5.92 Å². The zero-order valence-corrected chi connectivity index (χ0v) is 30.3. The predicted molar refractivity (Wildman–Crippen MR) is 216 cm³/mol. The molecule has 0 radical (unpaired) electrons. The van der Waals surface area contributed by atoms with Crippen LogP contribution in [-0.4, -0.2) is 19.5 Å². The summed E-state index contributed by atoms with van der Waals surface area (Å²) in [6, 6.07) is 42.2. The van der Waals surface area contributed by atoms with Crippen molar-refractivity contribution in [2.24, 2.45) is 5.92 Å². The maximum Gasteiger partial charge on any atom is 0.167 e. The van der Waals surface area contributed by atoms with E-state index in [1.807, 2.05) is 18.2 Å². The number of fused-ring (bicyclic) bond motifs is 12. The highest BCUT2D eigenvalue weighted by Crippen LogP contribution is 2.53. The fourth-order valence-corrected chi connectivity index (χ4v) is 9.38. The summed E-state index contributed by atoms with van der Waals surface area (Å²) >= 11 is 0. The molecule has 0 saturated carbocycles. The van der Waals surface area contributed by atoms with E-state index in [0.717, 1.165) is 67.5 Å². The lowest BCUT2D eigenvalue weighted by molar-refractivity contribution is 0.565. The lowest BCUT2D eigenvalue weighted by Crippen LogP contribution is -2.33. The molecule has 2 N–H and O–H groups in total. The predicted octanol–water partition coefficient (Wildman–Crippen LogP) is 11.4. The quantitative estimate of drug-likeness (QED) is 0.187. The Morgan fingerprint density at radius 2 is 1.32 bits per heavy atom. The molecular formula is C47H39N5O. The van der Waals surface area contributed by atoms with Gasteiger partial charge < -0.3 is 10.2 Å². The van der Waals surface area contributed by atoms with Crippen molar-refractivity contribution in [3.63, 3.8) is 0 Å². The van der Waals surface area contributed by atoms with Crippen LogP contribution in [0.25, 0.3) is 66.9 Å². The summed E-state index contributed by atoms with van der Waals surface area (Å²) in [6.07, 6.45) is 3.24. The number of nitrogens with two attached hydrogens (primary N) is 1. The minimum absolute atomic E-state index is 0.0305. The summed E-state index contributed by atoms with van der Waals surface area (Å²) in [5.74, 6) is 2.72. The Kier molecular flexibility index (Phi) is 6.90. The first-order chi connectivity index (χ1) is 25.9. The molecule has 1 aliphatic carbocycles. The SMILES string of the molecule is CCC1=C2C(C)C(c3ccccc3)=CC1(C)c1nc(-c3ccccc3)nc(n1)-c1cccc3c1oc1c(cccc13)-n1c(N)c(c3ccccc31)C2C. The first-order valence-corrected chi connectivity index (χ1v) is 18.5. The van der Waals surface area contributed by atoms with Gasteiger partial charge in [-0.15, -0.1) is 0 Å². The number of furan rings is 1. The van der Waals surface area contributed by atoms with Crippen LogP contribution < -0.4 is 5.73 Å². The summed E-state index contributed by atoms with van der Waals surface area (Å²) in [6.45, 7) is 9.24. The second-order valence-electron chi connectivity index (χ2n) is 14.7. The van der Waals surface area contributed by atoms with Crippen molar-refractivity contribution in [1.82, 2.24) is 19.5 Å². The number of allylic oxidation sites excluding steroid dienone is 4. The molecule has 4 heterocycles. The van der Waals surface area contributed by atoms with Crippen molar-refractivity contribution in [3.8, 4) is 28.5 Å². The molecule has 1 aliphatic heterocycles. The van der Waals surface area contributed by atoms with Crippen molar-refractivity contribution >= 4 is 44.2 Å². The van der Waals surface area contributed by atoms with E-state index in [9.17, 15) is 0 Å². The lowest BCUT2D eigenvalue weighted by atomic mass is 9.63. The highest BCUT2D eigenvalue weighted by atomic mass is 16.3. The Morgan fingerprint density at radius 1 is 0.679 bits per heavy atom. The van der Waals surface area contributed by atoms with Crippen molar-refractivity contribution in [1.29, 1.82) is 0 Å². The standard InChI is InChI=1S/C47H39N5O/c1-5-36-39-27(2)35(29-16-8-6-9-17-29)26-47(36,4)46-50-44(30-18-10-7-11-19-30)49-45(51-46)34-23-14-21-31-32-22-15-25-38(42(32)53-41(31)34)52-37-24-13-12-20-33(37)40(28(39)3)43(52)48/h6-28H,5,48H2,1-4H3. The summed E-state index contributed by atoms with van der Waals surface area (Å²) in [7, 11) is 0. The molecule has 5 aromatic carbocycles. The molecule has 6 heteroatoms. The number of benzene rings is 5. The fraction of sp³-hybridized carbons (Fsp3) is 0.170. The third-order valence-corrected chi connectivity index (χ3v) is 11.8. The Balaban J connectivity index is 1.41. The molecule has 0 amide bonds. The summed E-state index contributed by atoms with van der Waals surface area (Å²) in [5, 5.41) is 3.15. The van der Waals surface area contributed by atoms with Gasteiger partial charge in [-0.1, -0.05) is 141 Å². The lowest BCUT2D eigenvalue weighted by Gasteiger charge is -2.41. The van der Waals surface area contributed by atoms with Crippen molar-refractivity contribution in [2.45, 2.75) is 45.4 Å². The summed E-state index contributed by atoms with van der Waals surface area (Å²) in [4.78, 5) is 16.0. The monoisotopic (exact) mass is 689 g/mol. The number of para-hydroxylation sites is 3. The van der Waals surface area contributed by atoms with Crippen LogP contribution in [0.1, 0.15) is 57.0 Å². The molecule has 53 heavy (non-hydrogen) atoms. The maximum absolute atomic E-state index is 7.45. The molecule has 2 aliphatic rings. The van der Waals surface area contributed by atoms with E-state index >= 15 is 0 Å². The molecule has 3 atom stereocenters. The van der Waals surface area contributed by atoms with Gasteiger partial charge in [0.05, 0.1) is 22.2 Å². The first kappa shape index (κ1) is 31.5. The van der Waals surface area contributed by atoms with E-state index in [2.05, 4.69) is 141 Å². The van der Waals surface area contributed by atoms with Crippen LogP contribution >= 0.6 is 0 Å². The molecule has 0 spiro atoms. The zero-order chi connectivity index (χ0) is 36.0. The molecule has 3 unspecified atom stereocenters. The third-order valence-electron chi connectivity index (χ3n) is 11.8. The molecule has 0 saturated heterocycles. The van der Waals surface area contributed by atoms with Crippen molar-refractivity contribution < 1.29 is 4.42 Å². The Morgan fingerprint density at radius 3 is 2.08 bits per heavy atom. The number of anilines is 1. The van der Waals surface area contributed by atoms with Gasteiger partial charge in [-0.05, 0) is 42.7 Å². The number of nitrogens with zero attached hydrogens (tertiary/aromatic N) is 4. The molecular weight excluding hydrogens is 651 g/mol. The molecule has 10 rings (SSSR count). The first-order valence-electron chi connectivity index (χ1n) is 18.5. The van der Waals surface area contributed by atoms with E-state index in [1.54, 1.807) is 0 Å². The van der Waals surface area contributed by atoms with Crippen LogP contribution in [-0.2, 0) is 5.41 Å². The number of hydrogen-bond acceptors (Lipinski definition) is 5. The van der Waals surface area contributed by atoms with Gasteiger partial charge >= 0.3 is 0 Å². The topological polar surface area (TPSA) is 82.8 Å². The van der Waals surface area contributed by atoms with Crippen LogP contribution in [0.4, 0.5) is 5.82 Å². The Bertz CT molecular complexity index is 2830. The van der Waals surface area contributed by atoms with Gasteiger partial charge in [0.25, 0.3) is 0 Å². The second kappa shape index (κ2) is 11.6. The van der Waals surface area contributed by atoms with Gasteiger partial charge in [0.2, 0.25) is 0 Å². The summed E-state index contributed by atoms with van der Waals surface area (Å²) in [5.41, 5.74) is 18.2. The van der Waals surface area contributed by atoms with Crippen LogP contribution in [0.3, 0.4) is 0 Å². The van der Waals surface area contributed by atoms with Gasteiger partial charge in [-0.25, -0.2) is 15.0 Å². The Hall–Kier alpha value is -6.27. The summed E-state index contributed by atoms with van der Waals surface area (Å²) < 4.78 is 9.18. The largest absolute Gasteiger partial charge is 0.453 e. The molecule has 0 fully saturated rings.